The van der Waals surface area contributed by atoms with Crippen LogP contribution in [0.15, 0.2) is 24.3 Å². The summed E-state index contributed by atoms with van der Waals surface area (Å²) in [6, 6.07) is 7.25. The SMILES string of the molecule is CCCOC(=O)CN(C)C(=O)c1ccc(C)cc1. The highest BCUT2D eigenvalue weighted by molar-refractivity contribution is 5.95. The molecule has 98 valence electrons. The van der Waals surface area contributed by atoms with Crippen LogP contribution in [0.3, 0.4) is 0 Å². The van der Waals surface area contributed by atoms with E-state index in [0.717, 1.165) is 12.0 Å². The molecule has 1 rings (SSSR count). The minimum absolute atomic E-state index is 0.0211. The molecule has 0 fully saturated rings. The third-order valence-electron chi connectivity index (χ3n) is 2.48. The van der Waals surface area contributed by atoms with Crippen LogP contribution in [0, 0.1) is 6.92 Å². The molecule has 4 nitrogen and oxygen atoms in total. The van der Waals surface area contributed by atoms with Gasteiger partial charge in [-0.25, -0.2) is 0 Å². The van der Waals surface area contributed by atoms with Crippen LogP contribution in [0.25, 0.3) is 0 Å². The van der Waals surface area contributed by atoms with E-state index >= 15 is 0 Å². The van der Waals surface area contributed by atoms with Crippen LogP contribution in [0.2, 0.25) is 0 Å². The van der Waals surface area contributed by atoms with Crippen LogP contribution < -0.4 is 0 Å². The van der Waals surface area contributed by atoms with Gasteiger partial charge >= 0.3 is 5.97 Å². The van der Waals surface area contributed by atoms with Crippen molar-refractivity contribution < 1.29 is 14.3 Å². The number of ether oxygens (including phenoxy) is 1. The molecule has 4 heteroatoms. The molecule has 0 N–H and O–H groups in total. The summed E-state index contributed by atoms with van der Waals surface area (Å²) < 4.78 is 4.93. The van der Waals surface area contributed by atoms with E-state index in [0.29, 0.717) is 12.2 Å². The summed E-state index contributed by atoms with van der Waals surface area (Å²) in [5.41, 5.74) is 1.67. The Morgan fingerprint density at radius 3 is 2.39 bits per heavy atom. The lowest BCUT2D eigenvalue weighted by atomic mass is 10.1. The lowest BCUT2D eigenvalue weighted by Crippen LogP contribution is -2.33. The van der Waals surface area contributed by atoms with E-state index in [9.17, 15) is 9.59 Å². The zero-order chi connectivity index (χ0) is 13.5. The third-order valence-corrected chi connectivity index (χ3v) is 2.48. The topological polar surface area (TPSA) is 46.6 Å². The first-order chi connectivity index (χ1) is 8.54. The molecule has 0 unspecified atom stereocenters. The van der Waals surface area contributed by atoms with Gasteiger partial charge in [0, 0.05) is 12.6 Å². The standard InChI is InChI=1S/C14H19NO3/c1-4-9-18-13(16)10-15(3)14(17)12-7-5-11(2)6-8-12/h5-8H,4,9-10H2,1-3H3. The molecule has 1 aromatic rings. The van der Waals surface area contributed by atoms with Crippen LogP contribution >= 0.6 is 0 Å². The lowest BCUT2D eigenvalue weighted by Gasteiger charge is -2.16. The van der Waals surface area contributed by atoms with Crippen molar-refractivity contribution in [2.75, 3.05) is 20.2 Å². The quantitative estimate of drug-likeness (QED) is 0.750. The number of esters is 1. The second-order valence-corrected chi connectivity index (χ2v) is 4.25. The number of hydrogen-bond acceptors (Lipinski definition) is 3. The van der Waals surface area contributed by atoms with Crippen LogP contribution in [-0.4, -0.2) is 37.0 Å². The Bertz CT molecular complexity index is 412. The normalized spacial score (nSPS) is 9.94. The average Bonchev–Trinajstić information content (AvgIpc) is 2.36. The second-order valence-electron chi connectivity index (χ2n) is 4.25. The number of carbonyl (C=O) groups excluding carboxylic acids is 2. The number of amides is 1. The van der Waals surface area contributed by atoms with Gasteiger partial charge in [0.15, 0.2) is 0 Å². The molecular formula is C14H19NO3. The van der Waals surface area contributed by atoms with Crippen LogP contribution in [0.4, 0.5) is 0 Å². The van der Waals surface area contributed by atoms with Gasteiger partial charge in [0.1, 0.15) is 6.54 Å². The van der Waals surface area contributed by atoms with E-state index < -0.39 is 0 Å². The predicted molar refractivity (Wildman–Crippen MR) is 69.4 cm³/mol. The molecule has 0 spiro atoms. The molecule has 0 atom stereocenters. The Balaban J connectivity index is 2.56. The molecule has 0 saturated heterocycles. The minimum Gasteiger partial charge on any atom is -0.464 e. The molecular weight excluding hydrogens is 230 g/mol. The Morgan fingerprint density at radius 1 is 1.22 bits per heavy atom. The Kier molecular flexibility index (Phi) is 5.36. The number of rotatable bonds is 5. The number of benzene rings is 1. The summed E-state index contributed by atoms with van der Waals surface area (Å²) in [5, 5.41) is 0. The summed E-state index contributed by atoms with van der Waals surface area (Å²) in [6.45, 7) is 4.26. The Hall–Kier alpha value is -1.84. The van der Waals surface area contributed by atoms with E-state index in [-0.39, 0.29) is 18.4 Å². The van der Waals surface area contributed by atoms with Crippen LogP contribution in [0.1, 0.15) is 29.3 Å². The molecule has 0 bridgehead atoms. The highest BCUT2D eigenvalue weighted by atomic mass is 16.5. The average molecular weight is 249 g/mol. The van der Waals surface area contributed by atoms with Crippen molar-refractivity contribution >= 4 is 11.9 Å². The van der Waals surface area contributed by atoms with Crippen LogP contribution in [-0.2, 0) is 9.53 Å². The van der Waals surface area contributed by atoms with Crippen molar-refractivity contribution in [2.24, 2.45) is 0 Å². The van der Waals surface area contributed by atoms with Gasteiger partial charge in [0.2, 0.25) is 0 Å². The van der Waals surface area contributed by atoms with Gasteiger partial charge in [0.05, 0.1) is 6.61 Å². The van der Waals surface area contributed by atoms with Crippen molar-refractivity contribution in [1.82, 2.24) is 4.90 Å². The highest BCUT2D eigenvalue weighted by Crippen LogP contribution is 2.06. The number of nitrogens with zero attached hydrogens (tertiary/aromatic N) is 1. The van der Waals surface area contributed by atoms with Gasteiger partial charge in [0.25, 0.3) is 5.91 Å². The fraction of sp³-hybridized carbons (Fsp3) is 0.429. The summed E-state index contributed by atoms with van der Waals surface area (Å²) in [7, 11) is 1.59. The summed E-state index contributed by atoms with van der Waals surface area (Å²) >= 11 is 0. The van der Waals surface area contributed by atoms with Crippen molar-refractivity contribution in [3.05, 3.63) is 35.4 Å². The molecule has 18 heavy (non-hydrogen) atoms. The molecule has 0 aromatic heterocycles. The molecule has 0 radical (unpaired) electrons. The highest BCUT2D eigenvalue weighted by Gasteiger charge is 2.15. The monoisotopic (exact) mass is 249 g/mol. The van der Waals surface area contributed by atoms with Gasteiger partial charge in [-0.3, -0.25) is 9.59 Å². The van der Waals surface area contributed by atoms with E-state index in [4.69, 9.17) is 4.74 Å². The van der Waals surface area contributed by atoms with Gasteiger partial charge in [-0.15, -0.1) is 0 Å². The maximum absolute atomic E-state index is 12.0. The molecule has 0 aliphatic heterocycles. The Labute approximate surface area is 108 Å². The zero-order valence-electron chi connectivity index (χ0n) is 11.1. The second kappa shape index (κ2) is 6.79. The van der Waals surface area contributed by atoms with E-state index in [1.54, 1.807) is 19.2 Å². The van der Waals surface area contributed by atoms with Gasteiger partial charge < -0.3 is 9.64 Å². The summed E-state index contributed by atoms with van der Waals surface area (Å²) in [6.07, 6.45) is 0.779. The molecule has 1 amide bonds. The predicted octanol–water partition coefficient (Wildman–Crippen LogP) is 2.02. The molecule has 0 heterocycles. The summed E-state index contributed by atoms with van der Waals surface area (Å²) in [5.74, 6) is -0.553. The molecule has 1 aromatic carbocycles. The maximum atomic E-state index is 12.0. The Morgan fingerprint density at radius 2 is 1.83 bits per heavy atom. The number of hydrogen-bond donors (Lipinski definition) is 0. The van der Waals surface area contributed by atoms with Gasteiger partial charge in [-0.2, -0.15) is 0 Å². The third kappa shape index (κ3) is 4.20. The van der Waals surface area contributed by atoms with Crippen molar-refractivity contribution in [1.29, 1.82) is 0 Å². The smallest absolute Gasteiger partial charge is 0.325 e. The minimum atomic E-state index is -0.375. The number of aryl methyl sites for hydroxylation is 1. The maximum Gasteiger partial charge on any atom is 0.325 e. The van der Waals surface area contributed by atoms with Crippen molar-refractivity contribution in [3.8, 4) is 0 Å². The zero-order valence-corrected chi connectivity index (χ0v) is 11.1. The van der Waals surface area contributed by atoms with Gasteiger partial charge in [-0.05, 0) is 25.5 Å². The first kappa shape index (κ1) is 14.2. The molecule has 0 aliphatic rings. The van der Waals surface area contributed by atoms with Gasteiger partial charge in [-0.1, -0.05) is 24.6 Å². The van der Waals surface area contributed by atoms with E-state index in [1.165, 1.54) is 4.90 Å². The number of carbonyl (C=O) groups is 2. The van der Waals surface area contributed by atoms with E-state index in [1.807, 2.05) is 26.0 Å². The molecule has 0 saturated carbocycles. The van der Waals surface area contributed by atoms with Crippen molar-refractivity contribution in [3.63, 3.8) is 0 Å². The van der Waals surface area contributed by atoms with E-state index in [2.05, 4.69) is 0 Å². The molecule has 0 aliphatic carbocycles. The van der Waals surface area contributed by atoms with Crippen LogP contribution in [0.5, 0.6) is 0 Å². The number of likely N-dealkylation sites (N-methyl/N-ethyl adjacent to an activating group) is 1. The van der Waals surface area contributed by atoms with Crippen molar-refractivity contribution in [2.45, 2.75) is 20.3 Å². The lowest BCUT2D eigenvalue weighted by molar-refractivity contribution is -0.144. The first-order valence-corrected chi connectivity index (χ1v) is 6.02. The summed E-state index contributed by atoms with van der Waals surface area (Å²) in [4.78, 5) is 24.7. The largest absolute Gasteiger partial charge is 0.464 e. The first-order valence-electron chi connectivity index (χ1n) is 6.02. The fourth-order valence-corrected chi connectivity index (χ4v) is 1.44. The fourth-order valence-electron chi connectivity index (χ4n) is 1.44.